The summed E-state index contributed by atoms with van der Waals surface area (Å²) in [4.78, 5) is 3.52. The van der Waals surface area contributed by atoms with Crippen molar-refractivity contribution < 1.29 is 9.51 Å². The van der Waals surface area contributed by atoms with Gasteiger partial charge in [-0.05, 0) is 62.4 Å². The number of imidazole rings is 1. The van der Waals surface area contributed by atoms with Gasteiger partial charge in [-0.15, -0.1) is 0 Å². The number of phenols is 1. The van der Waals surface area contributed by atoms with Crippen LogP contribution in [0.15, 0.2) is 66.9 Å². The van der Waals surface area contributed by atoms with Crippen molar-refractivity contribution in [1.82, 2.24) is 4.98 Å². The molecule has 4 heteroatoms. The summed E-state index contributed by atoms with van der Waals surface area (Å²) in [6.45, 7) is 4.16. The van der Waals surface area contributed by atoms with Crippen LogP contribution in [0.3, 0.4) is 0 Å². The van der Waals surface area contributed by atoms with Gasteiger partial charge in [-0.3, -0.25) is 10.3 Å². The Labute approximate surface area is 146 Å². The van der Waals surface area contributed by atoms with Crippen molar-refractivity contribution in [3.8, 4) is 17.0 Å². The van der Waals surface area contributed by atoms with Crippen molar-refractivity contribution in [3.63, 3.8) is 0 Å². The molecule has 2 aromatic heterocycles. The van der Waals surface area contributed by atoms with Crippen LogP contribution in [0.5, 0.6) is 5.75 Å². The van der Waals surface area contributed by atoms with Crippen molar-refractivity contribution in [2.75, 3.05) is 5.32 Å². The second-order valence-corrected chi connectivity index (χ2v) is 6.30. The van der Waals surface area contributed by atoms with E-state index >= 15 is 0 Å². The molecule has 2 heterocycles. The number of aromatic amines is 1. The molecule has 0 saturated carbocycles. The van der Waals surface area contributed by atoms with Crippen molar-refractivity contribution >= 4 is 17.2 Å². The standard InChI is InChI=1S/C21H19N3O/c1-14-5-9-17(10-6-14)22-21-19(16-7-11-18(25)12-8-16)23-20-15(2)4-3-13-24(20)21/h3-13,22,25H,1-2H3/p+1. The molecular weight excluding hydrogens is 310 g/mol. The number of nitrogens with one attached hydrogen (secondary N) is 2. The lowest BCUT2D eigenvalue weighted by Crippen LogP contribution is -2.23. The summed E-state index contributed by atoms with van der Waals surface area (Å²) in [7, 11) is 0. The number of aromatic hydroxyl groups is 1. The van der Waals surface area contributed by atoms with Gasteiger partial charge in [0.1, 0.15) is 5.75 Å². The SMILES string of the molecule is Cc1ccc(Nc2c(-c3ccc(O)cc3)[nH]c3c(C)ccc[n+]23)cc1. The first-order valence-electron chi connectivity index (χ1n) is 8.28. The molecule has 25 heavy (non-hydrogen) atoms. The lowest BCUT2D eigenvalue weighted by Gasteiger charge is -2.04. The predicted octanol–water partition coefficient (Wildman–Crippen LogP) is 4.49. The summed E-state index contributed by atoms with van der Waals surface area (Å²) in [5.41, 5.74) is 6.46. The molecule has 4 aromatic rings. The maximum Gasteiger partial charge on any atom is 0.271 e. The lowest BCUT2D eigenvalue weighted by atomic mass is 10.1. The van der Waals surface area contributed by atoms with E-state index in [1.165, 1.54) is 11.1 Å². The number of benzene rings is 2. The first-order chi connectivity index (χ1) is 12.1. The Bertz CT molecular complexity index is 1030. The van der Waals surface area contributed by atoms with E-state index in [0.29, 0.717) is 0 Å². The summed E-state index contributed by atoms with van der Waals surface area (Å²) < 4.78 is 2.12. The zero-order valence-electron chi connectivity index (χ0n) is 14.2. The van der Waals surface area contributed by atoms with Gasteiger partial charge in [0, 0.05) is 11.1 Å². The Kier molecular flexibility index (Phi) is 3.65. The fourth-order valence-electron chi connectivity index (χ4n) is 2.99. The number of nitrogens with zero attached hydrogens (tertiary/aromatic N) is 1. The maximum absolute atomic E-state index is 9.59. The smallest absolute Gasteiger partial charge is 0.271 e. The van der Waals surface area contributed by atoms with E-state index in [0.717, 1.165) is 28.4 Å². The average Bonchev–Trinajstić information content (AvgIpc) is 2.98. The molecule has 0 spiro atoms. The topological polar surface area (TPSA) is 52.1 Å². The Morgan fingerprint density at radius 1 is 0.920 bits per heavy atom. The number of hydrogen-bond acceptors (Lipinski definition) is 2. The number of H-pyrrole nitrogens is 1. The van der Waals surface area contributed by atoms with Crippen LogP contribution < -0.4 is 9.72 Å². The van der Waals surface area contributed by atoms with Crippen LogP contribution in [0.2, 0.25) is 0 Å². The molecule has 3 N–H and O–H groups in total. The van der Waals surface area contributed by atoms with E-state index in [-0.39, 0.29) is 5.75 Å². The molecule has 4 nitrogen and oxygen atoms in total. The third-order valence-electron chi connectivity index (χ3n) is 4.39. The van der Waals surface area contributed by atoms with E-state index in [9.17, 15) is 5.11 Å². The quantitative estimate of drug-likeness (QED) is 0.485. The van der Waals surface area contributed by atoms with Gasteiger partial charge in [-0.25, -0.2) is 4.40 Å². The fourth-order valence-corrected chi connectivity index (χ4v) is 2.99. The molecule has 0 unspecified atom stereocenters. The van der Waals surface area contributed by atoms with Crippen molar-refractivity contribution in [3.05, 3.63) is 78.0 Å². The summed E-state index contributed by atoms with van der Waals surface area (Å²) >= 11 is 0. The summed E-state index contributed by atoms with van der Waals surface area (Å²) in [5.74, 6) is 1.23. The highest BCUT2D eigenvalue weighted by atomic mass is 16.3. The molecule has 4 rings (SSSR count). The van der Waals surface area contributed by atoms with Gasteiger partial charge >= 0.3 is 0 Å². The minimum atomic E-state index is 0.261. The summed E-state index contributed by atoms with van der Waals surface area (Å²) in [6.07, 6.45) is 2.04. The molecule has 0 amide bonds. The van der Waals surface area contributed by atoms with E-state index in [1.807, 2.05) is 24.4 Å². The molecule has 0 atom stereocenters. The highest BCUT2D eigenvalue weighted by Crippen LogP contribution is 2.29. The van der Waals surface area contributed by atoms with Crippen LogP contribution >= 0.6 is 0 Å². The minimum Gasteiger partial charge on any atom is -0.508 e. The molecule has 124 valence electrons. The highest BCUT2D eigenvalue weighted by molar-refractivity contribution is 5.76. The number of aromatic nitrogens is 2. The second kappa shape index (κ2) is 5.98. The molecule has 0 aliphatic rings. The monoisotopic (exact) mass is 330 g/mol. The van der Waals surface area contributed by atoms with Crippen LogP contribution in [-0.4, -0.2) is 10.1 Å². The largest absolute Gasteiger partial charge is 0.508 e. The van der Waals surface area contributed by atoms with Crippen molar-refractivity contribution in [2.45, 2.75) is 13.8 Å². The van der Waals surface area contributed by atoms with E-state index < -0.39 is 0 Å². The first kappa shape index (κ1) is 15.3. The first-order valence-corrected chi connectivity index (χ1v) is 8.28. The fraction of sp³-hybridized carbons (Fsp3) is 0.0952. The van der Waals surface area contributed by atoms with Crippen LogP contribution in [0.25, 0.3) is 16.9 Å². The molecule has 0 aliphatic heterocycles. The zero-order chi connectivity index (χ0) is 17.4. The van der Waals surface area contributed by atoms with Crippen LogP contribution in [0.1, 0.15) is 11.1 Å². The van der Waals surface area contributed by atoms with Crippen molar-refractivity contribution in [2.24, 2.45) is 0 Å². The highest BCUT2D eigenvalue weighted by Gasteiger charge is 2.21. The second-order valence-electron chi connectivity index (χ2n) is 6.30. The van der Waals surface area contributed by atoms with E-state index in [2.05, 4.69) is 58.9 Å². The van der Waals surface area contributed by atoms with Gasteiger partial charge in [0.2, 0.25) is 5.65 Å². The van der Waals surface area contributed by atoms with Crippen LogP contribution in [0.4, 0.5) is 11.5 Å². The van der Waals surface area contributed by atoms with E-state index in [1.54, 1.807) is 12.1 Å². The number of hydrogen-bond donors (Lipinski definition) is 3. The van der Waals surface area contributed by atoms with Crippen LogP contribution in [-0.2, 0) is 0 Å². The number of fused-ring (bicyclic) bond motifs is 1. The zero-order valence-corrected chi connectivity index (χ0v) is 14.2. The van der Waals surface area contributed by atoms with Gasteiger partial charge < -0.3 is 5.11 Å². The number of pyridine rings is 1. The summed E-state index contributed by atoms with van der Waals surface area (Å²) in [5, 5.41) is 13.1. The molecule has 0 fully saturated rings. The Morgan fingerprint density at radius 2 is 1.64 bits per heavy atom. The molecule has 0 saturated heterocycles. The number of aryl methyl sites for hydroxylation is 2. The molecule has 0 aliphatic carbocycles. The molecule has 0 radical (unpaired) electrons. The molecule has 2 aromatic carbocycles. The Balaban J connectivity index is 1.90. The minimum absolute atomic E-state index is 0.261. The van der Waals surface area contributed by atoms with Crippen LogP contribution in [0, 0.1) is 13.8 Å². The molecular formula is C21H20N3O+. The molecule has 0 bridgehead atoms. The number of rotatable bonds is 3. The Hall–Kier alpha value is -3.27. The van der Waals surface area contributed by atoms with Gasteiger partial charge in [0.05, 0.1) is 11.9 Å². The summed E-state index contributed by atoms with van der Waals surface area (Å²) in [6, 6.07) is 19.7. The number of phenolic OH excluding ortho intramolecular Hbond substituents is 1. The van der Waals surface area contributed by atoms with E-state index in [4.69, 9.17) is 0 Å². The maximum atomic E-state index is 9.59. The third kappa shape index (κ3) is 2.83. The lowest BCUT2D eigenvalue weighted by molar-refractivity contribution is -0.494. The van der Waals surface area contributed by atoms with Gasteiger partial charge in [0.25, 0.3) is 5.82 Å². The Morgan fingerprint density at radius 3 is 2.36 bits per heavy atom. The van der Waals surface area contributed by atoms with Gasteiger partial charge in [0.15, 0.2) is 5.69 Å². The van der Waals surface area contributed by atoms with Crippen molar-refractivity contribution in [1.29, 1.82) is 0 Å². The van der Waals surface area contributed by atoms with Gasteiger partial charge in [-0.1, -0.05) is 17.7 Å². The normalized spacial score (nSPS) is 11.0. The number of anilines is 2. The van der Waals surface area contributed by atoms with Gasteiger partial charge in [-0.2, -0.15) is 0 Å². The average molecular weight is 330 g/mol. The third-order valence-corrected chi connectivity index (χ3v) is 4.39. The predicted molar refractivity (Wildman–Crippen MR) is 100 cm³/mol.